The smallest absolute Gasteiger partial charge is 0.285 e. The molecule has 17 heavy (non-hydrogen) atoms. The Bertz CT molecular complexity index is 470. The van der Waals surface area contributed by atoms with Crippen LogP contribution in [0.3, 0.4) is 0 Å². The molecule has 1 fully saturated rings. The van der Waals surface area contributed by atoms with Crippen molar-refractivity contribution < 1.29 is 14.1 Å². The van der Waals surface area contributed by atoms with E-state index in [1.807, 2.05) is 0 Å². The number of rotatable bonds is 2. The van der Waals surface area contributed by atoms with Crippen LogP contribution >= 0.6 is 0 Å². The van der Waals surface area contributed by atoms with E-state index < -0.39 is 22.3 Å². The lowest BCUT2D eigenvalue weighted by Crippen LogP contribution is -2.28. The molecule has 0 N–H and O–H groups in total. The van der Waals surface area contributed by atoms with Crippen LogP contribution in [-0.2, 0) is 0 Å². The molecule has 0 saturated carbocycles. The number of carbonyl (C=O) groups is 1. The predicted octanol–water partition coefficient (Wildman–Crippen LogP) is 1.97. The van der Waals surface area contributed by atoms with Gasteiger partial charge in [-0.1, -0.05) is 0 Å². The van der Waals surface area contributed by atoms with E-state index in [2.05, 4.69) is 0 Å². The summed E-state index contributed by atoms with van der Waals surface area (Å²) in [5, 5.41) is 10.8. The molecular formula is C11H11FN2O3. The molecule has 0 radical (unpaired) electrons. The van der Waals surface area contributed by atoms with Crippen LogP contribution in [0.1, 0.15) is 23.2 Å². The molecule has 90 valence electrons. The van der Waals surface area contributed by atoms with Crippen LogP contribution < -0.4 is 0 Å². The Labute approximate surface area is 97.0 Å². The van der Waals surface area contributed by atoms with Gasteiger partial charge in [-0.05, 0) is 25.0 Å². The molecule has 5 nitrogen and oxygen atoms in total. The van der Waals surface area contributed by atoms with E-state index in [0.717, 1.165) is 25.0 Å². The maximum absolute atomic E-state index is 12.9. The third-order valence-electron chi connectivity index (χ3n) is 2.78. The van der Waals surface area contributed by atoms with E-state index >= 15 is 0 Å². The van der Waals surface area contributed by atoms with E-state index in [1.54, 1.807) is 4.90 Å². The zero-order valence-electron chi connectivity index (χ0n) is 9.06. The highest BCUT2D eigenvalue weighted by Gasteiger charge is 2.26. The maximum Gasteiger partial charge on any atom is 0.285 e. The summed E-state index contributed by atoms with van der Waals surface area (Å²) in [6, 6.07) is 3.02. The van der Waals surface area contributed by atoms with Gasteiger partial charge in [0.1, 0.15) is 11.4 Å². The number of halogens is 1. The fourth-order valence-corrected chi connectivity index (χ4v) is 1.93. The Morgan fingerprint density at radius 3 is 2.59 bits per heavy atom. The molecule has 1 aromatic carbocycles. The van der Waals surface area contributed by atoms with Gasteiger partial charge in [-0.25, -0.2) is 4.39 Å². The van der Waals surface area contributed by atoms with Crippen molar-refractivity contribution in [2.24, 2.45) is 0 Å². The van der Waals surface area contributed by atoms with Crippen LogP contribution in [0.4, 0.5) is 10.1 Å². The van der Waals surface area contributed by atoms with Gasteiger partial charge in [-0.3, -0.25) is 14.9 Å². The van der Waals surface area contributed by atoms with Crippen molar-refractivity contribution in [3.8, 4) is 0 Å². The number of nitro groups is 1. The summed E-state index contributed by atoms with van der Waals surface area (Å²) in [6.45, 7) is 1.21. The zero-order chi connectivity index (χ0) is 12.4. The minimum absolute atomic E-state index is 0.0432. The molecule has 2 rings (SSSR count). The molecule has 0 bridgehead atoms. The first kappa shape index (κ1) is 11.5. The summed E-state index contributed by atoms with van der Waals surface area (Å²) >= 11 is 0. The molecule has 0 aromatic heterocycles. The topological polar surface area (TPSA) is 63.4 Å². The summed E-state index contributed by atoms with van der Waals surface area (Å²) in [5.41, 5.74) is -0.514. The standard InChI is InChI=1S/C11H11FN2O3/c12-8-3-4-9(10(7-8)14(16)17)11(15)13-5-1-2-6-13/h3-4,7H,1-2,5-6H2. The van der Waals surface area contributed by atoms with Crippen molar-refractivity contribution in [1.82, 2.24) is 4.90 Å². The second kappa shape index (κ2) is 4.48. The SMILES string of the molecule is O=C(c1ccc(F)cc1[N+](=O)[O-])N1CCCC1. The fraction of sp³-hybridized carbons (Fsp3) is 0.364. The number of nitro benzene ring substituents is 1. The third-order valence-corrected chi connectivity index (χ3v) is 2.78. The molecule has 0 unspecified atom stereocenters. The summed E-state index contributed by atoms with van der Waals surface area (Å²) in [5.74, 6) is -1.11. The van der Waals surface area contributed by atoms with Crippen LogP contribution in [0.2, 0.25) is 0 Å². The molecule has 0 spiro atoms. The highest BCUT2D eigenvalue weighted by molar-refractivity contribution is 5.98. The molecule has 1 aromatic rings. The van der Waals surface area contributed by atoms with Crippen LogP contribution in [0.15, 0.2) is 18.2 Å². The first-order valence-corrected chi connectivity index (χ1v) is 5.33. The normalized spacial score (nSPS) is 15.0. The lowest BCUT2D eigenvalue weighted by atomic mass is 10.1. The quantitative estimate of drug-likeness (QED) is 0.584. The maximum atomic E-state index is 12.9. The molecule has 0 aliphatic carbocycles. The van der Waals surface area contributed by atoms with Gasteiger partial charge in [0.15, 0.2) is 0 Å². The highest BCUT2D eigenvalue weighted by atomic mass is 19.1. The predicted molar refractivity (Wildman–Crippen MR) is 58.2 cm³/mol. The number of benzene rings is 1. The van der Waals surface area contributed by atoms with Crippen molar-refractivity contribution in [3.05, 3.63) is 39.7 Å². The average molecular weight is 238 g/mol. The Morgan fingerprint density at radius 1 is 1.35 bits per heavy atom. The van der Waals surface area contributed by atoms with Crippen molar-refractivity contribution in [2.45, 2.75) is 12.8 Å². The van der Waals surface area contributed by atoms with Crippen LogP contribution in [0, 0.1) is 15.9 Å². The lowest BCUT2D eigenvalue weighted by Gasteiger charge is -2.14. The molecule has 1 aliphatic heterocycles. The van der Waals surface area contributed by atoms with Gasteiger partial charge in [0.2, 0.25) is 0 Å². The van der Waals surface area contributed by atoms with Crippen molar-refractivity contribution in [2.75, 3.05) is 13.1 Å². The van der Waals surface area contributed by atoms with Gasteiger partial charge in [-0.2, -0.15) is 0 Å². The Morgan fingerprint density at radius 2 is 2.00 bits per heavy atom. The summed E-state index contributed by atoms with van der Waals surface area (Å²) in [7, 11) is 0. The highest BCUT2D eigenvalue weighted by Crippen LogP contribution is 2.23. The van der Waals surface area contributed by atoms with Gasteiger partial charge in [0, 0.05) is 13.1 Å². The van der Waals surface area contributed by atoms with Crippen molar-refractivity contribution in [3.63, 3.8) is 0 Å². The molecular weight excluding hydrogens is 227 g/mol. The fourth-order valence-electron chi connectivity index (χ4n) is 1.93. The van der Waals surface area contributed by atoms with E-state index in [1.165, 1.54) is 6.07 Å². The molecule has 1 amide bonds. The van der Waals surface area contributed by atoms with Crippen molar-refractivity contribution >= 4 is 11.6 Å². The van der Waals surface area contributed by atoms with Gasteiger partial charge >= 0.3 is 0 Å². The Balaban J connectivity index is 2.36. The first-order chi connectivity index (χ1) is 8.09. The third kappa shape index (κ3) is 2.25. The van der Waals surface area contributed by atoms with Crippen LogP contribution in [0.25, 0.3) is 0 Å². The van der Waals surface area contributed by atoms with E-state index in [9.17, 15) is 19.3 Å². The summed E-state index contributed by atoms with van der Waals surface area (Å²) in [4.78, 5) is 23.6. The average Bonchev–Trinajstić information content (AvgIpc) is 2.81. The molecule has 1 saturated heterocycles. The van der Waals surface area contributed by atoms with Crippen LogP contribution in [-0.4, -0.2) is 28.8 Å². The monoisotopic (exact) mass is 238 g/mol. The van der Waals surface area contributed by atoms with Crippen molar-refractivity contribution in [1.29, 1.82) is 0 Å². The van der Waals surface area contributed by atoms with E-state index in [-0.39, 0.29) is 5.56 Å². The number of nitrogens with zero attached hydrogens (tertiary/aromatic N) is 2. The largest absolute Gasteiger partial charge is 0.338 e. The van der Waals surface area contributed by atoms with Gasteiger partial charge in [-0.15, -0.1) is 0 Å². The van der Waals surface area contributed by atoms with Gasteiger partial charge < -0.3 is 4.90 Å². The van der Waals surface area contributed by atoms with Gasteiger partial charge in [0.25, 0.3) is 11.6 Å². The van der Waals surface area contributed by atoms with Crippen LogP contribution in [0.5, 0.6) is 0 Å². The summed E-state index contributed by atoms with van der Waals surface area (Å²) in [6.07, 6.45) is 1.81. The second-order valence-electron chi connectivity index (χ2n) is 3.92. The number of carbonyl (C=O) groups excluding carboxylic acids is 1. The minimum atomic E-state index is -0.730. The molecule has 6 heteroatoms. The molecule has 1 heterocycles. The number of hydrogen-bond acceptors (Lipinski definition) is 3. The second-order valence-corrected chi connectivity index (χ2v) is 3.92. The number of hydrogen-bond donors (Lipinski definition) is 0. The Hall–Kier alpha value is -1.98. The minimum Gasteiger partial charge on any atom is -0.338 e. The number of amides is 1. The van der Waals surface area contributed by atoms with E-state index in [4.69, 9.17) is 0 Å². The van der Waals surface area contributed by atoms with E-state index in [0.29, 0.717) is 13.1 Å². The molecule has 0 atom stereocenters. The first-order valence-electron chi connectivity index (χ1n) is 5.33. The lowest BCUT2D eigenvalue weighted by molar-refractivity contribution is -0.385. The number of likely N-dealkylation sites (tertiary alicyclic amines) is 1. The Kier molecular flexibility index (Phi) is 3.03. The zero-order valence-corrected chi connectivity index (χ0v) is 9.06. The van der Waals surface area contributed by atoms with Gasteiger partial charge in [0.05, 0.1) is 11.0 Å². The molecule has 1 aliphatic rings. The summed E-state index contributed by atoms with van der Waals surface area (Å²) < 4.78 is 12.9.